The predicted octanol–water partition coefficient (Wildman–Crippen LogP) is 3.16. The van der Waals surface area contributed by atoms with Gasteiger partial charge in [-0.15, -0.1) is 10.2 Å². The number of likely N-dealkylation sites (N-methyl/N-ethyl adjacent to an activating group) is 1. The summed E-state index contributed by atoms with van der Waals surface area (Å²) in [4.78, 5) is 18.0. The molecule has 0 fully saturated rings. The van der Waals surface area contributed by atoms with E-state index >= 15 is 0 Å². The van der Waals surface area contributed by atoms with E-state index in [1.54, 1.807) is 48.6 Å². The Morgan fingerprint density at radius 2 is 1.89 bits per heavy atom. The molecule has 3 aromatic rings. The molecule has 7 nitrogen and oxygen atoms in total. The van der Waals surface area contributed by atoms with Gasteiger partial charge in [0.25, 0.3) is 0 Å². The van der Waals surface area contributed by atoms with Crippen molar-refractivity contribution < 1.29 is 9.53 Å². The lowest BCUT2D eigenvalue weighted by atomic mass is 10.2. The third-order valence-electron chi connectivity index (χ3n) is 4.03. The number of rotatable bonds is 8. The summed E-state index contributed by atoms with van der Waals surface area (Å²) in [5, 5.41) is 9.74. The molecule has 28 heavy (non-hydrogen) atoms. The van der Waals surface area contributed by atoms with E-state index in [9.17, 15) is 4.79 Å². The quantitative estimate of drug-likeness (QED) is 0.524. The number of ether oxygens (including phenoxy) is 1. The Morgan fingerprint density at radius 3 is 2.61 bits per heavy atom. The Bertz CT molecular complexity index is 918. The summed E-state index contributed by atoms with van der Waals surface area (Å²) >= 11 is 7.20. The lowest BCUT2D eigenvalue weighted by molar-refractivity contribution is -0.127. The summed E-state index contributed by atoms with van der Waals surface area (Å²) in [7, 11) is 3.64. The van der Waals surface area contributed by atoms with Crippen LogP contribution in [0.5, 0.6) is 5.75 Å². The molecule has 0 aliphatic heterocycles. The average molecular weight is 418 g/mol. The van der Waals surface area contributed by atoms with Gasteiger partial charge in [0, 0.05) is 37.1 Å². The molecular weight excluding hydrogens is 398 g/mol. The van der Waals surface area contributed by atoms with Crippen LogP contribution in [0.15, 0.2) is 53.9 Å². The SMILES string of the molecule is CN(CCOc1ccc(Cl)cc1)C(=O)CSc1nnc(-c2ccncc2)n1C. The maximum absolute atomic E-state index is 12.4. The molecule has 146 valence electrons. The highest BCUT2D eigenvalue weighted by Gasteiger charge is 2.15. The molecule has 0 saturated carbocycles. The number of halogens is 1. The second-order valence-electron chi connectivity index (χ2n) is 6.01. The van der Waals surface area contributed by atoms with Gasteiger partial charge in [0.05, 0.1) is 12.3 Å². The zero-order valence-corrected chi connectivity index (χ0v) is 17.2. The molecule has 0 atom stereocenters. The van der Waals surface area contributed by atoms with Crippen molar-refractivity contribution in [3.8, 4) is 17.1 Å². The second kappa shape index (κ2) is 9.57. The standard InChI is InChI=1S/C19H20ClN5O2S/c1-24(11-12-27-16-5-3-15(20)4-6-16)17(26)13-28-19-23-22-18(25(19)2)14-7-9-21-10-8-14/h3-10H,11-13H2,1-2H3. The molecule has 0 saturated heterocycles. The van der Waals surface area contributed by atoms with Crippen LogP contribution in [0.1, 0.15) is 0 Å². The number of thioether (sulfide) groups is 1. The maximum atomic E-state index is 12.4. The van der Waals surface area contributed by atoms with Gasteiger partial charge in [-0.05, 0) is 36.4 Å². The fourth-order valence-corrected chi connectivity index (χ4v) is 3.36. The van der Waals surface area contributed by atoms with Gasteiger partial charge in [-0.25, -0.2) is 0 Å². The zero-order chi connectivity index (χ0) is 19.9. The van der Waals surface area contributed by atoms with Gasteiger partial charge in [0.15, 0.2) is 11.0 Å². The highest BCUT2D eigenvalue weighted by molar-refractivity contribution is 7.99. The lowest BCUT2D eigenvalue weighted by Gasteiger charge is -2.17. The minimum atomic E-state index is -0.00170. The van der Waals surface area contributed by atoms with Gasteiger partial charge in [-0.3, -0.25) is 9.78 Å². The van der Waals surface area contributed by atoms with Crippen LogP contribution < -0.4 is 4.74 Å². The maximum Gasteiger partial charge on any atom is 0.232 e. The third-order valence-corrected chi connectivity index (χ3v) is 5.29. The Labute approximate surface area is 172 Å². The number of aromatic nitrogens is 4. The third kappa shape index (κ3) is 5.24. The van der Waals surface area contributed by atoms with E-state index < -0.39 is 0 Å². The first-order valence-corrected chi connectivity index (χ1v) is 9.96. The number of pyridine rings is 1. The first-order valence-electron chi connectivity index (χ1n) is 8.59. The number of carbonyl (C=O) groups excluding carboxylic acids is 1. The van der Waals surface area contributed by atoms with Gasteiger partial charge < -0.3 is 14.2 Å². The number of amides is 1. The monoisotopic (exact) mass is 417 g/mol. The Balaban J connectivity index is 1.47. The minimum Gasteiger partial charge on any atom is -0.492 e. The molecule has 1 amide bonds. The van der Waals surface area contributed by atoms with Crippen LogP contribution in [0.2, 0.25) is 5.02 Å². The van der Waals surface area contributed by atoms with Gasteiger partial charge in [0.2, 0.25) is 5.91 Å². The van der Waals surface area contributed by atoms with E-state index in [1.807, 2.05) is 23.7 Å². The fourth-order valence-electron chi connectivity index (χ4n) is 2.39. The topological polar surface area (TPSA) is 73.1 Å². The van der Waals surface area contributed by atoms with Crippen molar-refractivity contribution >= 4 is 29.3 Å². The molecule has 0 aliphatic rings. The Kier molecular flexibility index (Phi) is 6.89. The molecule has 0 N–H and O–H groups in total. The molecule has 0 spiro atoms. The largest absolute Gasteiger partial charge is 0.492 e. The average Bonchev–Trinajstić information content (AvgIpc) is 3.08. The Morgan fingerprint density at radius 1 is 1.18 bits per heavy atom. The molecule has 2 aromatic heterocycles. The summed E-state index contributed by atoms with van der Waals surface area (Å²) < 4.78 is 7.50. The fraction of sp³-hybridized carbons (Fsp3) is 0.263. The lowest BCUT2D eigenvalue weighted by Crippen LogP contribution is -2.32. The van der Waals surface area contributed by atoms with Crippen molar-refractivity contribution in [2.24, 2.45) is 7.05 Å². The number of benzene rings is 1. The van der Waals surface area contributed by atoms with Crippen molar-refractivity contribution in [2.75, 3.05) is 26.0 Å². The van der Waals surface area contributed by atoms with Gasteiger partial charge >= 0.3 is 0 Å². The molecule has 0 unspecified atom stereocenters. The Hall–Kier alpha value is -2.58. The summed E-state index contributed by atoms with van der Waals surface area (Å²) in [6, 6.07) is 10.9. The van der Waals surface area contributed by atoms with Crippen molar-refractivity contribution in [3.63, 3.8) is 0 Å². The van der Waals surface area contributed by atoms with E-state index in [2.05, 4.69) is 15.2 Å². The molecule has 0 radical (unpaired) electrons. The van der Waals surface area contributed by atoms with Crippen molar-refractivity contribution in [3.05, 3.63) is 53.8 Å². The van der Waals surface area contributed by atoms with E-state index in [4.69, 9.17) is 16.3 Å². The van der Waals surface area contributed by atoms with Crippen molar-refractivity contribution in [1.82, 2.24) is 24.6 Å². The predicted molar refractivity (Wildman–Crippen MR) is 110 cm³/mol. The van der Waals surface area contributed by atoms with E-state index in [0.29, 0.717) is 23.3 Å². The molecule has 0 aliphatic carbocycles. The van der Waals surface area contributed by atoms with Crippen LogP contribution in [0, 0.1) is 0 Å². The summed E-state index contributed by atoms with van der Waals surface area (Å²) in [5.74, 6) is 1.74. The van der Waals surface area contributed by atoms with Crippen molar-refractivity contribution in [2.45, 2.75) is 5.16 Å². The normalized spacial score (nSPS) is 10.7. The highest BCUT2D eigenvalue weighted by Crippen LogP contribution is 2.22. The molecule has 3 rings (SSSR count). The van der Waals surface area contributed by atoms with E-state index in [0.717, 1.165) is 17.1 Å². The smallest absolute Gasteiger partial charge is 0.232 e. The van der Waals surface area contributed by atoms with Crippen LogP contribution in [-0.2, 0) is 11.8 Å². The number of hydrogen-bond acceptors (Lipinski definition) is 6. The van der Waals surface area contributed by atoms with Crippen LogP contribution in [-0.4, -0.2) is 56.5 Å². The molecule has 9 heteroatoms. The summed E-state index contributed by atoms with van der Waals surface area (Å²) in [5.41, 5.74) is 0.930. The highest BCUT2D eigenvalue weighted by atomic mass is 35.5. The number of nitrogens with zero attached hydrogens (tertiary/aromatic N) is 5. The van der Waals surface area contributed by atoms with E-state index in [1.165, 1.54) is 11.8 Å². The number of carbonyl (C=O) groups is 1. The summed E-state index contributed by atoms with van der Waals surface area (Å²) in [6.07, 6.45) is 3.42. The molecular formula is C19H20ClN5O2S. The van der Waals surface area contributed by atoms with Crippen LogP contribution >= 0.6 is 23.4 Å². The zero-order valence-electron chi connectivity index (χ0n) is 15.6. The van der Waals surface area contributed by atoms with Gasteiger partial charge in [-0.2, -0.15) is 0 Å². The minimum absolute atomic E-state index is 0.00170. The second-order valence-corrected chi connectivity index (χ2v) is 7.39. The van der Waals surface area contributed by atoms with Gasteiger partial charge in [-0.1, -0.05) is 23.4 Å². The number of hydrogen-bond donors (Lipinski definition) is 0. The first kappa shape index (κ1) is 20.2. The van der Waals surface area contributed by atoms with Crippen LogP contribution in [0.3, 0.4) is 0 Å². The molecule has 1 aromatic carbocycles. The first-order chi connectivity index (χ1) is 13.5. The van der Waals surface area contributed by atoms with Crippen molar-refractivity contribution in [1.29, 1.82) is 0 Å². The van der Waals surface area contributed by atoms with Crippen LogP contribution in [0.25, 0.3) is 11.4 Å². The van der Waals surface area contributed by atoms with Crippen LogP contribution in [0.4, 0.5) is 0 Å². The summed E-state index contributed by atoms with van der Waals surface area (Å²) in [6.45, 7) is 0.897. The molecule has 2 heterocycles. The van der Waals surface area contributed by atoms with Gasteiger partial charge in [0.1, 0.15) is 12.4 Å². The molecule has 0 bridgehead atoms. The van der Waals surface area contributed by atoms with E-state index in [-0.39, 0.29) is 11.7 Å².